The van der Waals surface area contributed by atoms with Crippen molar-refractivity contribution in [2.45, 2.75) is 6.42 Å². The third-order valence-electron chi connectivity index (χ3n) is 2.68. The van der Waals surface area contributed by atoms with E-state index in [1.165, 1.54) is 6.33 Å². The van der Waals surface area contributed by atoms with E-state index in [2.05, 4.69) is 20.2 Å². The third kappa shape index (κ3) is 1.98. The summed E-state index contributed by atoms with van der Waals surface area (Å²) in [6.45, 7) is 0. The Labute approximate surface area is 103 Å². The number of pyridine rings is 1. The van der Waals surface area contributed by atoms with Crippen LogP contribution in [-0.2, 0) is 6.42 Å². The normalized spacial score (nSPS) is 10.7. The quantitative estimate of drug-likeness (QED) is 0.706. The molecule has 2 heterocycles. The highest BCUT2D eigenvalue weighted by atomic mass is 16.1. The molecular weight excluding hydrogens is 228 g/mol. The van der Waals surface area contributed by atoms with Crippen LogP contribution in [0.1, 0.15) is 16.3 Å². The molecule has 3 rings (SSSR count). The first-order valence-corrected chi connectivity index (χ1v) is 5.56. The summed E-state index contributed by atoms with van der Waals surface area (Å²) in [5.41, 5.74) is 1.62. The number of fused-ring (bicyclic) bond motifs is 1. The van der Waals surface area contributed by atoms with E-state index >= 15 is 0 Å². The number of carbonyl (C=O) groups excluding carboxylic acids is 1. The number of Topliss-reactive ketones (excluding diaryl/α,β-unsaturated/α-hetero) is 1. The number of nitrogens with zero attached hydrogens (tertiary/aromatic N) is 3. The van der Waals surface area contributed by atoms with E-state index in [9.17, 15) is 4.79 Å². The SMILES string of the molecule is O=C(Cc1ccc2ccccc2n1)c1ncn[nH]1. The van der Waals surface area contributed by atoms with Crippen LogP contribution >= 0.6 is 0 Å². The van der Waals surface area contributed by atoms with Crippen LogP contribution in [0.3, 0.4) is 0 Å². The van der Waals surface area contributed by atoms with Gasteiger partial charge in [-0.25, -0.2) is 4.98 Å². The second kappa shape index (κ2) is 4.37. The van der Waals surface area contributed by atoms with Gasteiger partial charge in [0.05, 0.1) is 11.9 Å². The van der Waals surface area contributed by atoms with E-state index < -0.39 is 0 Å². The monoisotopic (exact) mass is 238 g/mol. The first kappa shape index (κ1) is 10.6. The molecule has 0 atom stereocenters. The van der Waals surface area contributed by atoms with Crippen molar-refractivity contribution < 1.29 is 4.79 Å². The fourth-order valence-electron chi connectivity index (χ4n) is 1.79. The summed E-state index contributed by atoms with van der Waals surface area (Å²) in [6, 6.07) is 11.6. The summed E-state index contributed by atoms with van der Waals surface area (Å²) >= 11 is 0. The Morgan fingerprint density at radius 1 is 1.17 bits per heavy atom. The lowest BCUT2D eigenvalue weighted by atomic mass is 10.1. The van der Waals surface area contributed by atoms with Gasteiger partial charge in [-0.05, 0) is 12.1 Å². The van der Waals surface area contributed by atoms with Gasteiger partial charge < -0.3 is 0 Å². The van der Waals surface area contributed by atoms with Crippen LogP contribution in [0.15, 0.2) is 42.7 Å². The largest absolute Gasteiger partial charge is 0.290 e. The van der Waals surface area contributed by atoms with Crippen molar-refractivity contribution in [2.24, 2.45) is 0 Å². The Hall–Kier alpha value is -2.56. The average molecular weight is 238 g/mol. The summed E-state index contributed by atoms with van der Waals surface area (Å²) < 4.78 is 0. The molecular formula is C13H10N4O. The van der Waals surface area contributed by atoms with Crippen LogP contribution in [-0.4, -0.2) is 25.9 Å². The minimum Gasteiger partial charge on any atom is -0.290 e. The molecule has 0 saturated carbocycles. The maximum absolute atomic E-state index is 11.8. The standard InChI is InChI=1S/C13H10N4O/c18-12(13-14-8-15-17-13)7-10-6-5-9-3-1-2-4-11(9)16-10/h1-6,8H,7H2,(H,14,15,17). The number of rotatable bonds is 3. The van der Waals surface area contributed by atoms with Crippen LogP contribution < -0.4 is 0 Å². The van der Waals surface area contributed by atoms with E-state index in [-0.39, 0.29) is 18.0 Å². The summed E-state index contributed by atoms with van der Waals surface area (Å²) in [5, 5.41) is 7.28. The number of aromatic amines is 1. The number of carbonyl (C=O) groups is 1. The zero-order chi connectivity index (χ0) is 12.4. The molecule has 88 valence electrons. The van der Waals surface area contributed by atoms with Gasteiger partial charge in [-0.15, -0.1) is 0 Å². The molecule has 0 unspecified atom stereocenters. The maximum atomic E-state index is 11.8. The fraction of sp³-hybridized carbons (Fsp3) is 0.0769. The molecule has 0 radical (unpaired) electrons. The molecule has 0 aliphatic rings. The van der Waals surface area contributed by atoms with E-state index in [1.54, 1.807) is 0 Å². The maximum Gasteiger partial charge on any atom is 0.205 e. The van der Waals surface area contributed by atoms with Crippen LogP contribution in [0.5, 0.6) is 0 Å². The molecule has 0 bridgehead atoms. The lowest BCUT2D eigenvalue weighted by molar-refractivity contribution is 0.0982. The van der Waals surface area contributed by atoms with Crippen molar-refractivity contribution in [1.29, 1.82) is 0 Å². The number of hydrogen-bond acceptors (Lipinski definition) is 4. The van der Waals surface area contributed by atoms with Gasteiger partial charge in [0.2, 0.25) is 5.78 Å². The Balaban J connectivity index is 1.89. The van der Waals surface area contributed by atoms with Crippen molar-refractivity contribution in [3.05, 3.63) is 54.2 Å². The van der Waals surface area contributed by atoms with E-state index in [0.717, 1.165) is 16.6 Å². The Morgan fingerprint density at radius 3 is 2.89 bits per heavy atom. The van der Waals surface area contributed by atoms with Gasteiger partial charge in [0.25, 0.3) is 0 Å². The van der Waals surface area contributed by atoms with Crippen molar-refractivity contribution >= 4 is 16.7 Å². The van der Waals surface area contributed by atoms with Gasteiger partial charge in [0.15, 0.2) is 5.82 Å². The van der Waals surface area contributed by atoms with Crippen LogP contribution in [0, 0.1) is 0 Å². The molecule has 0 aliphatic heterocycles. The van der Waals surface area contributed by atoms with Crippen LogP contribution in [0.4, 0.5) is 0 Å². The summed E-state index contributed by atoms with van der Waals surface area (Å²) in [6.07, 6.45) is 1.54. The highest BCUT2D eigenvalue weighted by molar-refractivity contribution is 5.94. The molecule has 2 aromatic heterocycles. The molecule has 0 fully saturated rings. The zero-order valence-electron chi connectivity index (χ0n) is 9.50. The molecule has 5 heteroatoms. The second-order valence-corrected chi connectivity index (χ2v) is 3.93. The molecule has 0 aliphatic carbocycles. The van der Waals surface area contributed by atoms with Gasteiger partial charge >= 0.3 is 0 Å². The summed E-state index contributed by atoms with van der Waals surface area (Å²) in [5.74, 6) is 0.153. The number of H-pyrrole nitrogens is 1. The van der Waals surface area contributed by atoms with Gasteiger partial charge in [0.1, 0.15) is 6.33 Å². The lowest BCUT2D eigenvalue weighted by Gasteiger charge is -2.01. The highest BCUT2D eigenvalue weighted by Gasteiger charge is 2.10. The van der Waals surface area contributed by atoms with Crippen LogP contribution in [0.25, 0.3) is 10.9 Å². The molecule has 0 saturated heterocycles. The minimum absolute atomic E-state index is 0.115. The van der Waals surface area contributed by atoms with Crippen LogP contribution in [0.2, 0.25) is 0 Å². The third-order valence-corrected chi connectivity index (χ3v) is 2.68. The Morgan fingerprint density at radius 2 is 2.06 bits per heavy atom. The summed E-state index contributed by atoms with van der Waals surface area (Å²) in [7, 11) is 0. The molecule has 0 amide bonds. The van der Waals surface area contributed by atoms with Crippen molar-refractivity contribution in [3.8, 4) is 0 Å². The predicted octanol–water partition coefficient (Wildman–Crippen LogP) is 1.78. The first-order chi connectivity index (χ1) is 8.83. The molecule has 1 N–H and O–H groups in total. The topological polar surface area (TPSA) is 71.5 Å². The Kier molecular flexibility index (Phi) is 2.57. The van der Waals surface area contributed by atoms with E-state index in [1.807, 2.05) is 36.4 Å². The number of ketones is 1. The molecule has 5 nitrogen and oxygen atoms in total. The molecule has 18 heavy (non-hydrogen) atoms. The number of para-hydroxylation sites is 1. The summed E-state index contributed by atoms with van der Waals surface area (Å²) in [4.78, 5) is 20.1. The molecule has 0 spiro atoms. The van der Waals surface area contributed by atoms with Gasteiger partial charge in [-0.3, -0.25) is 14.9 Å². The number of nitrogens with one attached hydrogen (secondary N) is 1. The van der Waals surface area contributed by atoms with Gasteiger partial charge in [-0.1, -0.05) is 24.3 Å². The first-order valence-electron chi connectivity index (χ1n) is 5.56. The van der Waals surface area contributed by atoms with Crippen molar-refractivity contribution in [3.63, 3.8) is 0 Å². The zero-order valence-corrected chi connectivity index (χ0v) is 9.50. The number of benzene rings is 1. The average Bonchev–Trinajstić information content (AvgIpc) is 2.92. The Bertz CT molecular complexity index is 691. The fourth-order valence-corrected chi connectivity index (χ4v) is 1.79. The molecule has 3 aromatic rings. The van der Waals surface area contributed by atoms with E-state index in [4.69, 9.17) is 0 Å². The predicted molar refractivity (Wildman–Crippen MR) is 66.2 cm³/mol. The number of hydrogen-bond donors (Lipinski definition) is 1. The number of aromatic nitrogens is 4. The van der Waals surface area contributed by atoms with Gasteiger partial charge in [-0.2, -0.15) is 5.10 Å². The highest BCUT2D eigenvalue weighted by Crippen LogP contribution is 2.12. The van der Waals surface area contributed by atoms with E-state index in [0.29, 0.717) is 0 Å². The molecule has 1 aromatic carbocycles. The van der Waals surface area contributed by atoms with Crippen molar-refractivity contribution in [2.75, 3.05) is 0 Å². The minimum atomic E-state index is -0.115. The van der Waals surface area contributed by atoms with Gasteiger partial charge in [0, 0.05) is 11.1 Å². The lowest BCUT2D eigenvalue weighted by Crippen LogP contribution is -2.07. The second-order valence-electron chi connectivity index (χ2n) is 3.93. The smallest absolute Gasteiger partial charge is 0.205 e. The van der Waals surface area contributed by atoms with Crippen molar-refractivity contribution in [1.82, 2.24) is 20.2 Å².